The minimum Gasteiger partial charge on any atom is -0.331 e. The molecule has 0 aliphatic rings. The second-order valence-corrected chi connectivity index (χ2v) is 5.06. The van der Waals surface area contributed by atoms with Crippen molar-refractivity contribution in [3.63, 3.8) is 0 Å². The van der Waals surface area contributed by atoms with Gasteiger partial charge in [0.15, 0.2) is 5.11 Å². The summed E-state index contributed by atoms with van der Waals surface area (Å²) in [5.74, 6) is 0. The number of benzene rings is 2. The van der Waals surface area contributed by atoms with Gasteiger partial charge in [0.25, 0.3) is 0 Å². The molecule has 0 aliphatic carbocycles. The van der Waals surface area contributed by atoms with Crippen LogP contribution < -0.4 is 10.8 Å². The highest BCUT2D eigenvalue weighted by Crippen LogP contribution is 2.22. The molecular formula is C15H15ClN2OS. The minimum absolute atomic E-state index is 0.395. The number of thiocarbonyl (C=S) groups is 1. The minimum atomic E-state index is 0.395. The maximum Gasteiger partial charge on any atom is 0.195 e. The fourth-order valence-corrected chi connectivity index (χ4v) is 1.99. The van der Waals surface area contributed by atoms with Crippen molar-refractivity contribution in [1.82, 2.24) is 5.48 Å². The van der Waals surface area contributed by atoms with E-state index < -0.39 is 0 Å². The molecular weight excluding hydrogens is 292 g/mol. The van der Waals surface area contributed by atoms with Crippen molar-refractivity contribution in [2.24, 2.45) is 0 Å². The highest BCUT2D eigenvalue weighted by molar-refractivity contribution is 7.80. The van der Waals surface area contributed by atoms with Crippen molar-refractivity contribution in [1.29, 1.82) is 0 Å². The van der Waals surface area contributed by atoms with Gasteiger partial charge in [0.2, 0.25) is 0 Å². The molecule has 0 aliphatic heterocycles. The summed E-state index contributed by atoms with van der Waals surface area (Å²) in [5.41, 5.74) is 5.58. The van der Waals surface area contributed by atoms with Gasteiger partial charge < -0.3 is 5.32 Å². The predicted octanol–water partition coefficient (Wildman–Crippen LogP) is 4.07. The molecule has 0 saturated carbocycles. The molecule has 2 N–H and O–H groups in total. The highest BCUT2D eigenvalue weighted by Gasteiger charge is 2.03. The third-order valence-electron chi connectivity index (χ3n) is 2.76. The third kappa shape index (κ3) is 4.20. The van der Waals surface area contributed by atoms with Crippen molar-refractivity contribution in [2.75, 3.05) is 5.32 Å². The van der Waals surface area contributed by atoms with Gasteiger partial charge in [0, 0.05) is 10.7 Å². The number of rotatable bonds is 4. The summed E-state index contributed by atoms with van der Waals surface area (Å²) in [5, 5.41) is 4.14. The van der Waals surface area contributed by atoms with E-state index in [0.717, 1.165) is 16.8 Å². The van der Waals surface area contributed by atoms with Crippen LogP contribution in [0.25, 0.3) is 0 Å². The number of halogens is 1. The van der Waals surface area contributed by atoms with E-state index in [1.54, 1.807) is 0 Å². The lowest BCUT2D eigenvalue weighted by molar-refractivity contribution is 0.0728. The Hall–Kier alpha value is -1.62. The molecule has 104 valence electrons. The molecule has 0 bridgehead atoms. The molecule has 0 saturated heterocycles. The standard InChI is InChI=1S/C15H15ClN2OS/c1-11-13(16)8-5-9-14(11)17-15(20)18-19-10-12-6-3-2-4-7-12/h2-9H,10H2,1H3,(H2,17,18,20). The molecule has 0 unspecified atom stereocenters. The van der Waals surface area contributed by atoms with Crippen LogP contribution in [0.3, 0.4) is 0 Å². The maximum atomic E-state index is 6.05. The van der Waals surface area contributed by atoms with Gasteiger partial charge in [-0.2, -0.15) is 0 Å². The van der Waals surface area contributed by atoms with Crippen molar-refractivity contribution >= 4 is 34.6 Å². The van der Waals surface area contributed by atoms with Gasteiger partial charge in [-0.3, -0.25) is 4.84 Å². The Bertz CT molecular complexity index is 590. The molecule has 0 fully saturated rings. The molecule has 20 heavy (non-hydrogen) atoms. The van der Waals surface area contributed by atoms with Crippen molar-refractivity contribution in [3.8, 4) is 0 Å². The zero-order chi connectivity index (χ0) is 14.4. The summed E-state index contributed by atoms with van der Waals surface area (Å²) < 4.78 is 0. The Kier molecular flexibility index (Phi) is 5.35. The third-order valence-corrected chi connectivity index (χ3v) is 3.36. The van der Waals surface area contributed by atoms with E-state index in [2.05, 4.69) is 10.8 Å². The van der Waals surface area contributed by atoms with E-state index in [1.807, 2.05) is 55.5 Å². The summed E-state index contributed by atoms with van der Waals surface area (Å²) in [7, 11) is 0. The average Bonchev–Trinajstić information content (AvgIpc) is 2.45. The van der Waals surface area contributed by atoms with Crippen LogP contribution >= 0.6 is 23.8 Å². The summed E-state index contributed by atoms with van der Waals surface area (Å²) in [4.78, 5) is 5.34. The van der Waals surface area contributed by atoms with Gasteiger partial charge in [0.1, 0.15) is 0 Å². The van der Waals surface area contributed by atoms with Gasteiger partial charge in [-0.15, -0.1) is 0 Å². The fourth-order valence-electron chi connectivity index (χ4n) is 1.65. The first kappa shape index (κ1) is 14.8. The van der Waals surface area contributed by atoms with Crippen LogP contribution in [0.15, 0.2) is 48.5 Å². The van der Waals surface area contributed by atoms with Gasteiger partial charge in [-0.05, 0) is 42.4 Å². The average molecular weight is 307 g/mol. The lowest BCUT2D eigenvalue weighted by atomic mass is 10.2. The zero-order valence-electron chi connectivity index (χ0n) is 11.0. The zero-order valence-corrected chi connectivity index (χ0v) is 12.6. The molecule has 0 spiro atoms. The van der Waals surface area contributed by atoms with Crippen LogP contribution in [-0.2, 0) is 11.4 Å². The van der Waals surface area contributed by atoms with E-state index in [4.69, 9.17) is 28.7 Å². The summed E-state index contributed by atoms with van der Waals surface area (Å²) in [6, 6.07) is 15.5. The molecule has 0 amide bonds. The summed E-state index contributed by atoms with van der Waals surface area (Å²) in [6.07, 6.45) is 0. The van der Waals surface area contributed by atoms with Crippen LogP contribution in [0.4, 0.5) is 5.69 Å². The molecule has 2 aromatic rings. The molecule has 2 rings (SSSR count). The lowest BCUT2D eigenvalue weighted by Gasteiger charge is -2.13. The predicted molar refractivity (Wildman–Crippen MR) is 86.8 cm³/mol. The van der Waals surface area contributed by atoms with Crippen molar-refractivity contribution in [3.05, 3.63) is 64.7 Å². The van der Waals surface area contributed by atoms with Gasteiger partial charge in [-0.25, -0.2) is 5.48 Å². The summed E-state index contributed by atoms with van der Waals surface area (Å²) in [6.45, 7) is 2.37. The monoisotopic (exact) mass is 306 g/mol. The largest absolute Gasteiger partial charge is 0.331 e. The smallest absolute Gasteiger partial charge is 0.195 e. The Morgan fingerprint density at radius 3 is 2.65 bits per heavy atom. The van der Waals surface area contributed by atoms with Gasteiger partial charge in [-0.1, -0.05) is 48.0 Å². The summed E-state index contributed by atoms with van der Waals surface area (Å²) >= 11 is 11.2. The molecule has 0 heterocycles. The van der Waals surface area contributed by atoms with Crippen LogP contribution in [0.1, 0.15) is 11.1 Å². The first-order valence-electron chi connectivity index (χ1n) is 6.14. The van der Waals surface area contributed by atoms with E-state index in [-0.39, 0.29) is 0 Å². The van der Waals surface area contributed by atoms with Crippen molar-refractivity contribution in [2.45, 2.75) is 13.5 Å². The van der Waals surface area contributed by atoms with Crippen LogP contribution in [0, 0.1) is 6.92 Å². The quantitative estimate of drug-likeness (QED) is 0.659. The normalized spacial score (nSPS) is 10.1. The van der Waals surface area contributed by atoms with Crippen LogP contribution in [0.2, 0.25) is 5.02 Å². The first-order chi connectivity index (χ1) is 9.66. The SMILES string of the molecule is Cc1c(Cl)cccc1NC(=S)NOCc1ccccc1. The number of hydroxylamine groups is 1. The number of nitrogens with one attached hydrogen (secondary N) is 2. The Balaban J connectivity index is 1.82. The van der Waals surface area contributed by atoms with Crippen LogP contribution in [0.5, 0.6) is 0 Å². The maximum absolute atomic E-state index is 6.05. The Labute approximate surface area is 128 Å². The van der Waals surface area contributed by atoms with E-state index in [1.165, 1.54) is 0 Å². The molecule has 3 nitrogen and oxygen atoms in total. The Morgan fingerprint density at radius 1 is 1.15 bits per heavy atom. The van der Waals surface area contributed by atoms with Gasteiger partial charge in [0.05, 0.1) is 6.61 Å². The van der Waals surface area contributed by atoms with E-state index >= 15 is 0 Å². The molecule has 2 aromatic carbocycles. The lowest BCUT2D eigenvalue weighted by Crippen LogP contribution is -2.28. The van der Waals surface area contributed by atoms with Crippen LogP contribution in [-0.4, -0.2) is 5.11 Å². The Morgan fingerprint density at radius 2 is 1.90 bits per heavy atom. The first-order valence-corrected chi connectivity index (χ1v) is 6.93. The molecule has 0 atom stereocenters. The molecule has 0 aromatic heterocycles. The molecule has 5 heteroatoms. The second-order valence-electron chi connectivity index (χ2n) is 4.24. The number of hydrogen-bond donors (Lipinski definition) is 2. The number of hydrogen-bond acceptors (Lipinski definition) is 2. The second kappa shape index (κ2) is 7.24. The van der Waals surface area contributed by atoms with E-state index in [9.17, 15) is 0 Å². The molecule has 0 radical (unpaired) electrons. The number of anilines is 1. The highest BCUT2D eigenvalue weighted by atomic mass is 35.5. The van der Waals surface area contributed by atoms with E-state index in [0.29, 0.717) is 16.7 Å². The van der Waals surface area contributed by atoms with Crippen molar-refractivity contribution < 1.29 is 4.84 Å². The van der Waals surface area contributed by atoms with Gasteiger partial charge >= 0.3 is 0 Å². The fraction of sp³-hybridized carbons (Fsp3) is 0.133. The topological polar surface area (TPSA) is 33.3 Å².